The Labute approximate surface area is 154 Å². The first-order valence-electron chi connectivity index (χ1n) is 8.29. The number of nitrogens with one attached hydrogen (secondary N) is 2. The Morgan fingerprint density at radius 2 is 1.88 bits per heavy atom. The van der Waals surface area contributed by atoms with Gasteiger partial charge in [0.2, 0.25) is 5.91 Å². The number of aryl methyl sites for hydroxylation is 3. The minimum Gasteiger partial charge on any atom is -0.355 e. The number of amides is 1. The van der Waals surface area contributed by atoms with Crippen molar-refractivity contribution in [3.63, 3.8) is 0 Å². The summed E-state index contributed by atoms with van der Waals surface area (Å²) in [5.41, 5.74) is 4.51. The van der Waals surface area contributed by atoms with E-state index in [2.05, 4.69) is 25.7 Å². The molecule has 3 heterocycles. The van der Waals surface area contributed by atoms with E-state index >= 15 is 0 Å². The third-order valence-electron chi connectivity index (χ3n) is 4.39. The molecular weight excluding hydrogens is 340 g/mol. The van der Waals surface area contributed by atoms with Crippen LogP contribution in [0.1, 0.15) is 28.3 Å². The second kappa shape index (κ2) is 7.93. The third-order valence-corrected chi connectivity index (χ3v) is 4.39. The highest BCUT2D eigenvalue weighted by atomic mass is 35.5. The Bertz CT molecular complexity index is 748. The van der Waals surface area contributed by atoms with E-state index in [0.717, 1.165) is 48.0 Å². The number of hydrogen-bond acceptors (Lipinski definition) is 5. The lowest BCUT2D eigenvalue weighted by Crippen LogP contribution is -2.48. The van der Waals surface area contributed by atoms with Crippen molar-refractivity contribution in [2.75, 3.05) is 19.6 Å². The molecule has 0 radical (unpaired) electrons. The molecule has 136 valence electrons. The molecule has 2 aromatic heterocycles. The molecule has 2 aromatic rings. The molecule has 0 atom stereocenters. The summed E-state index contributed by atoms with van der Waals surface area (Å²) in [6, 6.07) is 1.93. The van der Waals surface area contributed by atoms with Crippen LogP contribution in [0.5, 0.6) is 0 Å². The van der Waals surface area contributed by atoms with Gasteiger partial charge in [-0.05, 0) is 33.8 Å². The largest absolute Gasteiger partial charge is 0.355 e. The number of halogens is 1. The van der Waals surface area contributed by atoms with E-state index in [1.54, 1.807) is 4.68 Å². The van der Waals surface area contributed by atoms with E-state index in [0.29, 0.717) is 18.3 Å². The number of nitrogens with zero attached hydrogens (tertiary/aromatic N) is 4. The zero-order chi connectivity index (χ0) is 17.3. The summed E-state index contributed by atoms with van der Waals surface area (Å²) in [7, 11) is 0. The Kier molecular flexibility index (Phi) is 6.13. The van der Waals surface area contributed by atoms with Gasteiger partial charge < -0.3 is 10.6 Å². The molecule has 0 saturated carbocycles. The minimum absolute atomic E-state index is 0. The molecule has 1 aliphatic rings. The van der Waals surface area contributed by atoms with E-state index < -0.39 is 0 Å². The van der Waals surface area contributed by atoms with Crippen LogP contribution in [0.2, 0.25) is 0 Å². The van der Waals surface area contributed by atoms with Crippen molar-refractivity contribution in [3.05, 3.63) is 34.4 Å². The average molecular weight is 365 g/mol. The van der Waals surface area contributed by atoms with Crippen LogP contribution in [-0.4, -0.2) is 45.3 Å². The average Bonchev–Trinajstić information content (AvgIpc) is 2.73. The van der Waals surface area contributed by atoms with Crippen LogP contribution in [0.4, 0.5) is 0 Å². The van der Waals surface area contributed by atoms with Crippen molar-refractivity contribution in [2.24, 2.45) is 5.92 Å². The second-order valence-electron chi connectivity index (χ2n) is 6.52. The summed E-state index contributed by atoms with van der Waals surface area (Å²) in [6.07, 6.45) is 0.336. The predicted molar refractivity (Wildman–Crippen MR) is 98.4 cm³/mol. The normalized spacial score (nSPS) is 13.9. The molecule has 0 unspecified atom stereocenters. The predicted octanol–water partition coefficient (Wildman–Crippen LogP) is 1.20. The molecule has 25 heavy (non-hydrogen) atoms. The Morgan fingerprint density at radius 1 is 1.24 bits per heavy atom. The zero-order valence-electron chi connectivity index (χ0n) is 15.1. The van der Waals surface area contributed by atoms with Crippen molar-refractivity contribution >= 4 is 18.3 Å². The number of hydrogen-bond donors (Lipinski definition) is 2. The lowest BCUT2D eigenvalue weighted by atomic mass is 10.0. The van der Waals surface area contributed by atoms with Crippen LogP contribution >= 0.6 is 12.4 Å². The van der Waals surface area contributed by atoms with Gasteiger partial charge in [0.25, 0.3) is 5.95 Å². The highest BCUT2D eigenvalue weighted by Crippen LogP contribution is 2.17. The van der Waals surface area contributed by atoms with Crippen molar-refractivity contribution in [3.8, 4) is 5.95 Å². The molecule has 7 nitrogen and oxygen atoms in total. The maximum absolute atomic E-state index is 12.2. The number of carbonyl (C=O) groups is 1. The third kappa shape index (κ3) is 4.35. The number of aromatic nitrogens is 4. The SMILES string of the molecule is Cc1cc(C)nc(-n2nc(C)c(CC(=O)NCC3CNC3)c2C)n1.Cl. The standard InChI is InChI=1S/C17H24N6O.ClH/c1-10-5-11(2)21-17(20-10)23-13(4)15(12(3)22-23)6-16(24)19-9-14-7-18-8-14;/h5,14,18H,6-9H2,1-4H3,(H,19,24);1H. The quantitative estimate of drug-likeness (QED) is 0.832. The smallest absolute Gasteiger partial charge is 0.251 e. The van der Waals surface area contributed by atoms with Crippen LogP contribution in [0.25, 0.3) is 5.95 Å². The fraction of sp³-hybridized carbons (Fsp3) is 0.529. The molecule has 8 heteroatoms. The Hall–Kier alpha value is -1.99. The topological polar surface area (TPSA) is 84.7 Å². The van der Waals surface area contributed by atoms with Crippen molar-refractivity contribution in [1.82, 2.24) is 30.4 Å². The lowest BCUT2D eigenvalue weighted by molar-refractivity contribution is -0.120. The fourth-order valence-electron chi connectivity index (χ4n) is 2.90. The molecule has 0 aliphatic carbocycles. The van der Waals surface area contributed by atoms with Gasteiger partial charge in [0.1, 0.15) is 0 Å². The molecule has 3 rings (SSSR count). The van der Waals surface area contributed by atoms with E-state index in [4.69, 9.17) is 0 Å². The lowest BCUT2D eigenvalue weighted by Gasteiger charge is -2.27. The van der Waals surface area contributed by atoms with Crippen molar-refractivity contribution < 1.29 is 4.79 Å². The maximum atomic E-state index is 12.2. The Morgan fingerprint density at radius 3 is 2.44 bits per heavy atom. The van der Waals surface area contributed by atoms with Gasteiger partial charge in [0, 0.05) is 48.2 Å². The number of rotatable bonds is 5. The van der Waals surface area contributed by atoms with Crippen LogP contribution in [0.3, 0.4) is 0 Å². The van der Waals surface area contributed by atoms with Gasteiger partial charge in [0.15, 0.2) is 0 Å². The summed E-state index contributed by atoms with van der Waals surface area (Å²) in [4.78, 5) is 21.1. The molecule has 0 spiro atoms. The molecule has 1 fully saturated rings. The van der Waals surface area contributed by atoms with Crippen LogP contribution < -0.4 is 10.6 Å². The summed E-state index contributed by atoms with van der Waals surface area (Å²) in [6.45, 7) is 10.5. The first-order chi connectivity index (χ1) is 11.4. The zero-order valence-corrected chi connectivity index (χ0v) is 15.9. The molecule has 0 bridgehead atoms. The molecule has 1 aliphatic heterocycles. The van der Waals surface area contributed by atoms with Crippen LogP contribution in [0, 0.1) is 33.6 Å². The van der Waals surface area contributed by atoms with Crippen LogP contribution in [-0.2, 0) is 11.2 Å². The van der Waals surface area contributed by atoms with Gasteiger partial charge in [-0.1, -0.05) is 0 Å². The van der Waals surface area contributed by atoms with E-state index in [-0.39, 0.29) is 18.3 Å². The fourth-order valence-corrected chi connectivity index (χ4v) is 2.90. The molecule has 2 N–H and O–H groups in total. The highest BCUT2D eigenvalue weighted by molar-refractivity contribution is 5.85. The minimum atomic E-state index is 0. The summed E-state index contributed by atoms with van der Waals surface area (Å²) in [5, 5.41) is 10.8. The second-order valence-corrected chi connectivity index (χ2v) is 6.52. The molecular formula is C17H25ClN6O. The highest BCUT2D eigenvalue weighted by Gasteiger charge is 2.20. The van der Waals surface area contributed by atoms with Gasteiger partial charge in [-0.25, -0.2) is 14.6 Å². The van der Waals surface area contributed by atoms with Gasteiger partial charge in [-0.15, -0.1) is 12.4 Å². The van der Waals surface area contributed by atoms with E-state index in [1.165, 1.54) is 0 Å². The molecule has 0 aromatic carbocycles. The Balaban J connectivity index is 0.00000225. The van der Waals surface area contributed by atoms with Crippen molar-refractivity contribution in [1.29, 1.82) is 0 Å². The summed E-state index contributed by atoms with van der Waals surface area (Å²) in [5.74, 6) is 1.15. The monoisotopic (exact) mass is 364 g/mol. The molecule has 1 saturated heterocycles. The van der Waals surface area contributed by atoms with Crippen molar-refractivity contribution in [2.45, 2.75) is 34.1 Å². The first-order valence-corrected chi connectivity index (χ1v) is 8.29. The van der Waals surface area contributed by atoms with Gasteiger partial charge in [0.05, 0.1) is 12.1 Å². The van der Waals surface area contributed by atoms with Gasteiger partial charge >= 0.3 is 0 Å². The summed E-state index contributed by atoms with van der Waals surface area (Å²) >= 11 is 0. The molecule has 1 amide bonds. The van der Waals surface area contributed by atoms with Crippen LogP contribution in [0.15, 0.2) is 6.07 Å². The van der Waals surface area contributed by atoms with E-state index in [1.807, 2.05) is 33.8 Å². The van der Waals surface area contributed by atoms with Gasteiger partial charge in [-0.2, -0.15) is 5.10 Å². The maximum Gasteiger partial charge on any atom is 0.251 e. The summed E-state index contributed by atoms with van der Waals surface area (Å²) < 4.78 is 1.73. The van der Waals surface area contributed by atoms with E-state index in [9.17, 15) is 4.79 Å². The number of carbonyl (C=O) groups excluding carboxylic acids is 1. The first kappa shape index (κ1) is 19.3. The van der Waals surface area contributed by atoms with Gasteiger partial charge in [-0.3, -0.25) is 4.79 Å².